The fraction of sp³-hybridized carbons (Fsp3) is 0.519. The summed E-state index contributed by atoms with van der Waals surface area (Å²) in [6.07, 6.45) is 17.4. The van der Waals surface area contributed by atoms with Crippen LogP contribution >= 0.6 is 0 Å². The molecule has 0 saturated carbocycles. The van der Waals surface area contributed by atoms with Gasteiger partial charge in [-0.25, -0.2) is 25.3 Å². The highest BCUT2D eigenvalue weighted by molar-refractivity contribution is 7.89. The Kier molecular flexibility index (Phi) is 36.5. The second-order valence-corrected chi connectivity index (χ2v) is 35.5. The van der Waals surface area contributed by atoms with Crippen LogP contribution in [-0.2, 0) is 63.6 Å². The number of likely N-dealkylation sites (N-methyl/N-ethyl adjacent to an activating group) is 8. The van der Waals surface area contributed by atoms with Crippen LogP contribution in [0, 0.1) is 59.3 Å². The maximum absolute atomic E-state index is 13.2. The van der Waals surface area contributed by atoms with Crippen LogP contribution in [0.2, 0.25) is 0 Å². The molecule has 3 aromatic heterocycles. The van der Waals surface area contributed by atoms with Gasteiger partial charge in [0.05, 0.1) is 68.7 Å². The number of sulfonamides is 3. The molecule has 0 unspecified atom stereocenters. The third kappa shape index (κ3) is 27.0. The number of rotatable bonds is 31. The zero-order valence-corrected chi connectivity index (χ0v) is 72.5. The van der Waals surface area contributed by atoms with Gasteiger partial charge in [-0.05, 0) is 218 Å². The summed E-state index contributed by atoms with van der Waals surface area (Å²) in [5.41, 5.74) is 6.85. The molecule has 5 amide bonds. The molecule has 6 heterocycles. The number of hydrogen-bond donors (Lipinski definition) is 1. The first-order chi connectivity index (χ1) is 54.4. The van der Waals surface area contributed by atoms with E-state index in [0.717, 1.165) is 93.5 Å². The Morgan fingerprint density at radius 3 is 0.887 bits per heavy atom. The minimum Gasteiger partial charge on any atom is -0.497 e. The Hall–Kier alpha value is -9.58. The number of hydrogen-bond acceptors (Lipinski definition) is 23. The van der Waals surface area contributed by atoms with Crippen molar-refractivity contribution in [2.75, 3.05) is 198 Å². The molecule has 3 fully saturated rings. The number of aromatic nitrogens is 3. The normalized spacial score (nSPS) is 14.3. The maximum Gasteiger partial charge on any atom is 0.294 e. The monoisotopic (exact) mass is 1650 g/mol. The van der Waals surface area contributed by atoms with Crippen LogP contribution in [0.15, 0.2) is 125 Å². The van der Waals surface area contributed by atoms with Crippen molar-refractivity contribution in [3.8, 4) is 17.2 Å². The number of carbonyl (C=O) groups is 6. The van der Waals surface area contributed by atoms with E-state index in [2.05, 4.69) is 51.8 Å². The molecule has 9 rings (SSSR count). The van der Waals surface area contributed by atoms with Gasteiger partial charge < -0.3 is 63.5 Å². The van der Waals surface area contributed by atoms with Gasteiger partial charge in [0.25, 0.3) is 6.47 Å². The number of carbonyl (C=O) groups excluding carboxylic acids is 6. The summed E-state index contributed by atoms with van der Waals surface area (Å²) in [6, 6.07) is 22.1. The lowest BCUT2D eigenvalue weighted by Crippen LogP contribution is -2.45. The Morgan fingerprint density at radius 1 is 0.400 bits per heavy atom. The summed E-state index contributed by atoms with van der Waals surface area (Å²) in [4.78, 5) is 100. The van der Waals surface area contributed by atoms with Crippen LogP contribution in [0.4, 0.5) is 17.1 Å². The number of benzene rings is 3. The SMILES string of the molecule is CNCC1CCN(c2ccncc2)CC1.COc1cc(C)c(S(=O)(=O)N(C)CC(=O)N(C)CC(=O)N(C)CC2CCN(c3ccncc3)CC2)c(C)c1.COc1cc(C)c(S(=O)(=O)N(C)CC(=O)N(C)CC(=O)N(C)CC2CCN(c3ccncc3)CC2)c(C)c1.COc1cc(C)c(S(=O)(=O)N(C)CC(=O)N(C)COC=O)c(C)c1. The fourth-order valence-corrected chi connectivity index (χ4v) is 18.6. The van der Waals surface area contributed by atoms with Crippen LogP contribution in [0.25, 0.3) is 0 Å². The largest absolute Gasteiger partial charge is 0.497 e. The van der Waals surface area contributed by atoms with Gasteiger partial charge in [-0.15, -0.1) is 0 Å². The minimum atomic E-state index is -3.92. The number of aryl methyl sites for hydroxylation is 6. The second kappa shape index (κ2) is 44.5. The van der Waals surface area contributed by atoms with E-state index in [1.807, 2.05) is 43.7 Å². The van der Waals surface area contributed by atoms with E-state index < -0.39 is 47.8 Å². The van der Waals surface area contributed by atoms with Gasteiger partial charge in [-0.3, -0.25) is 43.7 Å². The zero-order chi connectivity index (χ0) is 85.1. The van der Waals surface area contributed by atoms with Crippen molar-refractivity contribution in [2.45, 2.75) is 94.8 Å². The van der Waals surface area contributed by atoms with Crippen molar-refractivity contribution >= 4 is 83.1 Å². The summed E-state index contributed by atoms with van der Waals surface area (Å²) in [7, 11) is 6.92. The molecule has 34 heteroatoms. The molecular weight excluding hydrogens is 1540 g/mol. The first kappa shape index (κ1) is 94.3. The van der Waals surface area contributed by atoms with Crippen molar-refractivity contribution < 1.29 is 73.0 Å². The molecule has 632 valence electrons. The highest BCUT2D eigenvalue weighted by Crippen LogP contribution is 2.33. The highest BCUT2D eigenvalue weighted by Gasteiger charge is 2.34. The van der Waals surface area contributed by atoms with E-state index in [9.17, 15) is 54.0 Å². The van der Waals surface area contributed by atoms with Crippen LogP contribution in [-0.4, -0.2) is 297 Å². The van der Waals surface area contributed by atoms with E-state index in [-0.39, 0.29) is 72.4 Å². The zero-order valence-electron chi connectivity index (χ0n) is 70.1. The molecule has 6 aromatic rings. The lowest BCUT2D eigenvalue weighted by Gasteiger charge is -2.35. The number of ether oxygens (including phenoxy) is 4. The highest BCUT2D eigenvalue weighted by atomic mass is 32.2. The molecular formula is C81H119N15O16S3. The first-order valence-electron chi connectivity index (χ1n) is 38.1. The van der Waals surface area contributed by atoms with Gasteiger partial charge in [0.1, 0.15) is 17.2 Å². The minimum absolute atomic E-state index is 0.111. The van der Waals surface area contributed by atoms with Gasteiger partial charge in [-0.2, -0.15) is 12.9 Å². The summed E-state index contributed by atoms with van der Waals surface area (Å²) < 4.78 is 102. The van der Waals surface area contributed by atoms with E-state index in [1.165, 1.54) is 105 Å². The molecule has 3 aliphatic rings. The molecule has 31 nitrogen and oxygen atoms in total. The Morgan fingerprint density at radius 2 is 0.643 bits per heavy atom. The fourth-order valence-electron chi connectivity index (χ4n) is 14.1. The molecule has 0 spiro atoms. The standard InChI is InChI=1S/2C27H39N5O5S.C15H22N2O6S.C12H19N3/c2*1-20-15-24(37-6)16-21(2)27(20)38(35,36)31(5)19-26(34)30(4)18-25(33)29(3)17-22-9-13-32(14-10-22)23-7-11-28-12-8-23;1-11-6-13(22-5)7-12(2)15(11)24(20,21)17(4)8-14(19)16(3)9-23-10-18;1-13-10-11-4-8-15(9-5-11)12-2-6-14-7-3-12/h2*7-8,11-12,15-16,22H,9-10,13-14,17-19H2,1-6H3;6-7,10H,8-9H2,1-5H3;2-3,6-7,11,13H,4-5,8-10H2,1H3. The smallest absolute Gasteiger partial charge is 0.294 e. The van der Waals surface area contributed by atoms with Crippen LogP contribution in [0.5, 0.6) is 17.2 Å². The van der Waals surface area contributed by atoms with Crippen molar-refractivity contribution in [3.05, 3.63) is 143 Å². The summed E-state index contributed by atoms with van der Waals surface area (Å²) in [5, 5.41) is 3.26. The Balaban J connectivity index is 0.000000251. The number of methoxy groups -OCH3 is 3. The molecule has 0 bridgehead atoms. The average molecular weight is 1660 g/mol. The average Bonchev–Trinajstić information content (AvgIpc) is 0.790. The van der Waals surface area contributed by atoms with Gasteiger partial charge in [-0.1, -0.05) is 0 Å². The summed E-state index contributed by atoms with van der Waals surface area (Å²) >= 11 is 0. The van der Waals surface area contributed by atoms with E-state index in [1.54, 1.807) is 127 Å². The number of amides is 5. The van der Waals surface area contributed by atoms with Crippen LogP contribution < -0.4 is 34.2 Å². The number of nitrogens with one attached hydrogen (secondary N) is 1. The van der Waals surface area contributed by atoms with E-state index in [4.69, 9.17) is 14.2 Å². The Bertz CT molecular complexity index is 4270. The van der Waals surface area contributed by atoms with Crippen molar-refractivity contribution in [2.24, 2.45) is 17.8 Å². The number of pyridine rings is 3. The number of anilines is 3. The topological polar surface area (TPSA) is 328 Å². The quantitative estimate of drug-likeness (QED) is 0.0365. The van der Waals surface area contributed by atoms with E-state index in [0.29, 0.717) is 75.6 Å². The molecule has 3 saturated heterocycles. The van der Waals surface area contributed by atoms with Crippen molar-refractivity contribution in [1.29, 1.82) is 0 Å². The van der Waals surface area contributed by atoms with Crippen LogP contribution in [0.3, 0.4) is 0 Å². The number of piperidine rings is 3. The van der Waals surface area contributed by atoms with Crippen molar-refractivity contribution in [1.82, 2.24) is 57.7 Å². The van der Waals surface area contributed by atoms with Crippen molar-refractivity contribution in [3.63, 3.8) is 0 Å². The van der Waals surface area contributed by atoms with Gasteiger partial charge >= 0.3 is 0 Å². The molecule has 0 aliphatic carbocycles. The predicted octanol–water partition coefficient (Wildman–Crippen LogP) is 6.36. The number of nitrogens with zero attached hydrogens (tertiary/aromatic N) is 14. The first-order valence-corrected chi connectivity index (χ1v) is 42.4. The van der Waals surface area contributed by atoms with E-state index >= 15 is 0 Å². The summed E-state index contributed by atoms with van der Waals surface area (Å²) in [5.74, 6) is 1.58. The molecule has 0 atom stereocenters. The molecule has 3 aromatic carbocycles. The van der Waals surface area contributed by atoms with Crippen LogP contribution in [0.1, 0.15) is 71.9 Å². The van der Waals surface area contributed by atoms with Gasteiger partial charge in [0, 0.05) is 163 Å². The molecule has 1 N–H and O–H groups in total. The summed E-state index contributed by atoms with van der Waals surface area (Å²) in [6.45, 7) is 17.2. The van der Waals surface area contributed by atoms with Gasteiger partial charge in [0.2, 0.25) is 59.6 Å². The third-order valence-corrected chi connectivity index (χ3v) is 27.1. The lowest BCUT2D eigenvalue weighted by molar-refractivity contribution is -0.141. The lowest BCUT2D eigenvalue weighted by atomic mass is 9.96. The third-order valence-electron chi connectivity index (χ3n) is 20.8. The molecule has 0 radical (unpaired) electrons. The molecule has 115 heavy (non-hydrogen) atoms. The molecule has 3 aliphatic heterocycles. The van der Waals surface area contributed by atoms with Gasteiger partial charge in [0.15, 0.2) is 6.73 Å². The Labute approximate surface area is 681 Å². The predicted molar refractivity (Wildman–Crippen MR) is 444 cm³/mol. The second-order valence-electron chi connectivity index (χ2n) is 29.6. The maximum atomic E-state index is 13.2.